The first-order valence-corrected chi connectivity index (χ1v) is 8.71. The number of rotatable bonds is 5. The van der Waals surface area contributed by atoms with E-state index in [1.807, 2.05) is 7.05 Å². The van der Waals surface area contributed by atoms with E-state index in [4.69, 9.17) is 4.42 Å². The van der Waals surface area contributed by atoms with Crippen LogP contribution in [0.4, 0.5) is 0 Å². The van der Waals surface area contributed by atoms with Crippen molar-refractivity contribution in [3.05, 3.63) is 17.8 Å². The number of nitrogens with zero attached hydrogens (tertiary/aromatic N) is 1. The Hall–Kier alpha value is -0.830. The molecule has 0 saturated heterocycles. The molecule has 116 valence electrons. The van der Waals surface area contributed by atoms with Crippen LogP contribution in [-0.2, 0) is 11.8 Å². The van der Waals surface area contributed by atoms with Crippen LogP contribution in [0.5, 0.6) is 0 Å². The van der Waals surface area contributed by atoms with Gasteiger partial charge in [0.15, 0.2) is 5.89 Å². The molecule has 1 N–H and O–H groups in total. The maximum atomic E-state index is 6.22. The molecule has 1 aromatic rings. The van der Waals surface area contributed by atoms with Gasteiger partial charge in [0, 0.05) is 11.8 Å². The quantitative estimate of drug-likeness (QED) is 0.840. The lowest BCUT2D eigenvalue weighted by Crippen LogP contribution is -2.52. The minimum atomic E-state index is 0.326. The van der Waals surface area contributed by atoms with E-state index < -0.39 is 0 Å². The molecule has 4 aliphatic rings. The summed E-state index contributed by atoms with van der Waals surface area (Å²) in [6.07, 6.45) is 12.5. The van der Waals surface area contributed by atoms with Crippen LogP contribution < -0.4 is 5.32 Å². The maximum absolute atomic E-state index is 6.22. The molecular formula is C18H28N2O. The summed E-state index contributed by atoms with van der Waals surface area (Å²) in [6.45, 7) is 3.55. The average molecular weight is 288 g/mol. The molecule has 1 heterocycles. The van der Waals surface area contributed by atoms with Gasteiger partial charge in [-0.3, -0.25) is 0 Å². The molecule has 21 heavy (non-hydrogen) atoms. The van der Waals surface area contributed by atoms with Gasteiger partial charge in [0.2, 0.25) is 0 Å². The molecule has 1 aromatic heterocycles. The van der Waals surface area contributed by atoms with Crippen molar-refractivity contribution in [1.82, 2.24) is 10.3 Å². The number of oxazole rings is 1. The van der Waals surface area contributed by atoms with Crippen LogP contribution in [0.15, 0.2) is 10.6 Å². The van der Waals surface area contributed by atoms with Crippen molar-refractivity contribution in [2.24, 2.45) is 17.3 Å². The fourth-order valence-corrected chi connectivity index (χ4v) is 6.10. The fraction of sp³-hybridized carbons (Fsp3) is 0.833. The third-order valence-corrected chi connectivity index (χ3v) is 6.25. The fourth-order valence-electron chi connectivity index (χ4n) is 6.10. The van der Waals surface area contributed by atoms with Crippen LogP contribution in [-0.4, -0.2) is 18.6 Å². The smallest absolute Gasteiger partial charge is 0.194 e. The molecule has 0 radical (unpaired) electrons. The van der Waals surface area contributed by atoms with Crippen molar-refractivity contribution in [1.29, 1.82) is 0 Å². The number of aryl methyl sites for hydroxylation is 1. The number of nitrogens with one attached hydrogen (secondary N) is 1. The SMILES string of the molecule is CNCCCc1ncc(C23CC4CC(CC(C)(C4)C2)C3)o1. The summed E-state index contributed by atoms with van der Waals surface area (Å²) >= 11 is 0. The lowest BCUT2D eigenvalue weighted by Gasteiger charge is -2.60. The van der Waals surface area contributed by atoms with Crippen molar-refractivity contribution in [2.75, 3.05) is 13.6 Å². The number of hydrogen-bond acceptors (Lipinski definition) is 3. The Kier molecular flexibility index (Phi) is 3.18. The summed E-state index contributed by atoms with van der Waals surface area (Å²) in [5, 5.41) is 3.19. The molecule has 4 bridgehead atoms. The van der Waals surface area contributed by atoms with E-state index in [1.54, 1.807) is 0 Å². The molecule has 3 heteroatoms. The Morgan fingerprint density at radius 2 is 2.05 bits per heavy atom. The summed E-state index contributed by atoms with van der Waals surface area (Å²) < 4.78 is 6.22. The van der Waals surface area contributed by atoms with E-state index in [0.29, 0.717) is 10.8 Å². The molecule has 4 fully saturated rings. The highest BCUT2D eigenvalue weighted by molar-refractivity contribution is 5.21. The highest BCUT2D eigenvalue weighted by Gasteiger charge is 2.57. The van der Waals surface area contributed by atoms with E-state index in [9.17, 15) is 0 Å². The predicted octanol–water partition coefficient (Wildman–Crippen LogP) is 3.68. The summed E-state index contributed by atoms with van der Waals surface area (Å²) in [5.74, 6) is 4.03. The van der Waals surface area contributed by atoms with E-state index in [0.717, 1.165) is 37.1 Å². The second-order valence-electron chi connectivity index (χ2n) is 8.38. The Labute approximate surface area is 127 Å². The van der Waals surface area contributed by atoms with Gasteiger partial charge in [-0.25, -0.2) is 4.98 Å². The highest BCUT2D eigenvalue weighted by Crippen LogP contribution is 2.65. The van der Waals surface area contributed by atoms with Gasteiger partial charge in [-0.15, -0.1) is 0 Å². The molecule has 0 aliphatic heterocycles. The monoisotopic (exact) mass is 288 g/mol. The second kappa shape index (κ2) is 4.84. The third kappa shape index (κ3) is 2.34. The lowest BCUT2D eigenvalue weighted by atomic mass is 9.44. The molecule has 3 nitrogen and oxygen atoms in total. The Morgan fingerprint density at radius 1 is 1.29 bits per heavy atom. The van der Waals surface area contributed by atoms with E-state index in [1.165, 1.54) is 44.3 Å². The second-order valence-corrected chi connectivity index (χ2v) is 8.38. The van der Waals surface area contributed by atoms with Crippen LogP contribution in [0.2, 0.25) is 0 Å². The molecule has 0 aromatic carbocycles. The van der Waals surface area contributed by atoms with Crippen LogP contribution in [0.1, 0.15) is 63.5 Å². The molecular weight excluding hydrogens is 260 g/mol. The topological polar surface area (TPSA) is 38.1 Å². The van der Waals surface area contributed by atoms with Gasteiger partial charge in [0.1, 0.15) is 5.76 Å². The predicted molar refractivity (Wildman–Crippen MR) is 83.2 cm³/mol. The van der Waals surface area contributed by atoms with E-state index in [2.05, 4.69) is 23.4 Å². The molecule has 0 spiro atoms. The standard InChI is InChI=1S/C18H28N2O/c1-17-7-13-6-14(8-17)10-18(9-13,12-17)15-11-20-16(21-15)4-3-5-19-2/h11,13-14,19H,3-10,12H2,1-2H3. The molecule has 5 rings (SSSR count). The molecule has 4 aliphatic carbocycles. The lowest BCUT2D eigenvalue weighted by molar-refractivity contribution is -0.0692. The van der Waals surface area contributed by atoms with Crippen molar-refractivity contribution >= 4 is 0 Å². The number of hydrogen-bond donors (Lipinski definition) is 1. The van der Waals surface area contributed by atoms with Gasteiger partial charge >= 0.3 is 0 Å². The van der Waals surface area contributed by atoms with E-state index >= 15 is 0 Å². The van der Waals surface area contributed by atoms with Gasteiger partial charge < -0.3 is 9.73 Å². The minimum absolute atomic E-state index is 0.326. The van der Waals surface area contributed by atoms with Gasteiger partial charge in [-0.05, 0) is 75.8 Å². The largest absolute Gasteiger partial charge is 0.445 e. The Balaban J connectivity index is 1.55. The molecule has 2 atom stereocenters. The van der Waals surface area contributed by atoms with E-state index in [-0.39, 0.29) is 0 Å². The van der Waals surface area contributed by atoms with Gasteiger partial charge in [-0.1, -0.05) is 6.92 Å². The zero-order valence-electron chi connectivity index (χ0n) is 13.5. The summed E-state index contributed by atoms with van der Waals surface area (Å²) in [6, 6.07) is 0. The molecule has 2 unspecified atom stereocenters. The first-order valence-electron chi connectivity index (χ1n) is 8.71. The normalized spacial score (nSPS) is 40.9. The van der Waals surface area contributed by atoms with Crippen LogP contribution in [0.3, 0.4) is 0 Å². The Morgan fingerprint density at radius 3 is 2.71 bits per heavy atom. The van der Waals surface area contributed by atoms with Crippen LogP contribution >= 0.6 is 0 Å². The zero-order valence-corrected chi connectivity index (χ0v) is 13.5. The highest BCUT2D eigenvalue weighted by atomic mass is 16.4. The van der Waals surface area contributed by atoms with Gasteiger partial charge in [-0.2, -0.15) is 0 Å². The number of aromatic nitrogens is 1. The van der Waals surface area contributed by atoms with Crippen LogP contribution in [0, 0.1) is 17.3 Å². The summed E-state index contributed by atoms with van der Waals surface area (Å²) in [5.41, 5.74) is 0.899. The zero-order chi connectivity index (χ0) is 14.5. The molecule has 0 amide bonds. The molecule has 4 saturated carbocycles. The first-order chi connectivity index (χ1) is 10.1. The Bertz CT molecular complexity index is 507. The van der Waals surface area contributed by atoms with Gasteiger partial charge in [0.05, 0.1) is 6.20 Å². The third-order valence-electron chi connectivity index (χ3n) is 6.25. The summed E-state index contributed by atoms with van der Waals surface area (Å²) in [4.78, 5) is 4.57. The maximum Gasteiger partial charge on any atom is 0.194 e. The van der Waals surface area contributed by atoms with Gasteiger partial charge in [0.25, 0.3) is 0 Å². The van der Waals surface area contributed by atoms with Crippen molar-refractivity contribution in [2.45, 2.75) is 63.7 Å². The summed E-state index contributed by atoms with van der Waals surface area (Å²) in [7, 11) is 2.00. The van der Waals surface area contributed by atoms with Crippen molar-refractivity contribution in [3.8, 4) is 0 Å². The van der Waals surface area contributed by atoms with Crippen LogP contribution in [0.25, 0.3) is 0 Å². The minimum Gasteiger partial charge on any atom is -0.445 e. The van der Waals surface area contributed by atoms with Crippen molar-refractivity contribution < 1.29 is 4.42 Å². The first kappa shape index (κ1) is 13.8. The average Bonchev–Trinajstić information content (AvgIpc) is 2.85. The van der Waals surface area contributed by atoms with Crippen molar-refractivity contribution in [3.63, 3.8) is 0 Å².